The molecule has 24 heavy (non-hydrogen) atoms. The van der Waals surface area contributed by atoms with Gasteiger partial charge in [0.05, 0.1) is 0 Å². The zero-order valence-corrected chi connectivity index (χ0v) is 13.5. The van der Waals surface area contributed by atoms with Crippen LogP contribution in [0.3, 0.4) is 0 Å². The minimum absolute atomic E-state index is 0.177. The van der Waals surface area contributed by atoms with Crippen LogP contribution in [0.5, 0.6) is 11.5 Å². The summed E-state index contributed by atoms with van der Waals surface area (Å²) in [4.78, 5) is 22.9. The second kappa shape index (κ2) is 7.56. The van der Waals surface area contributed by atoms with Gasteiger partial charge in [0.25, 0.3) is 5.91 Å². The molecule has 2 aromatic carbocycles. The van der Waals surface area contributed by atoms with Gasteiger partial charge < -0.3 is 10.1 Å². The van der Waals surface area contributed by atoms with E-state index in [0.29, 0.717) is 29.3 Å². The number of benzene rings is 2. The van der Waals surface area contributed by atoms with Crippen molar-refractivity contribution in [2.75, 3.05) is 6.54 Å². The largest absolute Gasteiger partial charge is 0.457 e. The highest BCUT2D eigenvalue weighted by Crippen LogP contribution is 2.21. The number of H-pyrrole nitrogens is 1. The summed E-state index contributed by atoms with van der Waals surface area (Å²) in [5.41, 5.74) is 0.547. The van der Waals surface area contributed by atoms with Crippen LogP contribution in [-0.2, 0) is 6.42 Å². The highest BCUT2D eigenvalue weighted by atomic mass is 32.1. The maximum atomic E-state index is 12.1. The molecule has 0 fully saturated rings. The lowest BCUT2D eigenvalue weighted by atomic mass is 10.2. The normalized spacial score (nSPS) is 10.3. The third-order valence-electron chi connectivity index (χ3n) is 3.20. The molecule has 0 aliphatic heterocycles. The van der Waals surface area contributed by atoms with E-state index in [1.165, 1.54) is 0 Å². The molecule has 6 nitrogen and oxygen atoms in total. The van der Waals surface area contributed by atoms with Gasteiger partial charge in [0.15, 0.2) is 0 Å². The zero-order chi connectivity index (χ0) is 16.8. The summed E-state index contributed by atoms with van der Waals surface area (Å²) >= 11 is 1.05. The monoisotopic (exact) mass is 341 g/mol. The molecule has 1 aromatic heterocycles. The van der Waals surface area contributed by atoms with Gasteiger partial charge in [0.1, 0.15) is 16.5 Å². The summed E-state index contributed by atoms with van der Waals surface area (Å²) in [6.45, 7) is 0.419. The van der Waals surface area contributed by atoms with Gasteiger partial charge in [-0.1, -0.05) is 29.5 Å². The number of carbonyl (C=O) groups is 1. The Bertz CT molecular complexity index is 857. The molecule has 0 aliphatic rings. The highest BCUT2D eigenvalue weighted by Gasteiger charge is 2.06. The first-order chi connectivity index (χ1) is 11.7. The second-order valence-electron chi connectivity index (χ2n) is 4.95. The molecule has 1 heterocycles. The molecular formula is C17H15N3O3S. The molecule has 0 atom stereocenters. The number of aromatic nitrogens is 2. The van der Waals surface area contributed by atoms with Crippen molar-refractivity contribution in [1.29, 1.82) is 0 Å². The van der Waals surface area contributed by atoms with E-state index in [2.05, 4.69) is 15.5 Å². The van der Waals surface area contributed by atoms with Crippen LogP contribution in [0.25, 0.3) is 0 Å². The van der Waals surface area contributed by atoms with Crippen molar-refractivity contribution in [2.45, 2.75) is 6.42 Å². The number of ether oxygens (including phenoxy) is 1. The van der Waals surface area contributed by atoms with Crippen LogP contribution in [0.15, 0.2) is 59.4 Å². The highest BCUT2D eigenvalue weighted by molar-refractivity contribution is 7.08. The summed E-state index contributed by atoms with van der Waals surface area (Å²) < 4.78 is 5.68. The van der Waals surface area contributed by atoms with E-state index in [4.69, 9.17) is 4.74 Å². The van der Waals surface area contributed by atoms with Gasteiger partial charge in [-0.25, -0.2) is 5.10 Å². The average Bonchev–Trinajstić information content (AvgIpc) is 3.02. The average molecular weight is 341 g/mol. The molecule has 1 amide bonds. The first-order valence-corrected chi connectivity index (χ1v) is 8.18. The maximum absolute atomic E-state index is 12.1. The molecule has 0 unspecified atom stereocenters. The standard InChI is InChI=1S/C17H15N3O3S/c21-16(18-11-10-15-19-20-17(22)24-15)12-6-8-14(9-7-12)23-13-4-2-1-3-5-13/h1-9H,10-11H2,(H,18,21)(H,20,22). The van der Waals surface area contributed by atoms with E-state index in [-0.39, 0.29) is 10.8 Å². The number of para-hydroxylation sites is 1. The first kappa shape index (κ1) is 15.9. The van der Waals surface area contributed by atoms with Crippen LogP contribution in [0.4, 0.5) is 0 Å². The molecule has 122 valence electrons. The second-order valence-corrected chi connectivity index (χ2v) is 6.00. The third-order valence-corrected chi connectivity index (χ3v) is 4.01. The lowest BCUT2D eigenvalue weighted by Gasteiger charge is -2.07. The Morgan fingerprint density at radius 1 is 1.08 bits per heavy atom. The van der Waals surface area contributed by atoms with Crippen molar-refractivity contribution >= 4 is 17.2 Å². The van der Waals surface area contributed by atoms with Crippen LogP contribution >= 0.6 is 11.3 Å². The molecule has 0 saturated carbocycles. The molecule has 7 heteroatoms. The summed E-state index contributed by atoms with van der Waals surface area (Å²) in [5, 5.41) is 9.67. The molecule has 0 radical (unpaired) electrons. The van der Waals surface area contributed by atoms with Gasteiger partial charge in [-0.3, -0.25) is 9.59 Å². The van der Waals surface area contributed by atoms with Crippen molar-refractivity contribution < 1.29 is 9.53 Å². The Morgan fingerprint density at radius 3 is 2.46 bits per heavy atom. The van der Waals surface area contributed by atoms with Gasteiger partial charge in [-0.15, -0.1) is 0 Å². The van der Waals surface area contributed by atoms with E-state index in [1.54, 1.807) is 24.3 Å². The van der Waals surface area contributed by atoms with Crippen LogP contribution in [0.2, 0.25) is 0 Å². The smallest absolute Gasteiger partial charge is 0.322 e. The Kier molecular flexibility index (Phi) is 5.02. The number of nitrogens with one attached hydrogen (secondary N) is 2. The van der Waals surface area contributed by atoms with E-state index in [9.17, 15) is 9.59 Å². The van der Waals surface area contributed by atoms with Crippen molar-refractivity contribution in [3.8, 4) is 11.5 Å². The Hall–Kier alpha value is -2.93. The molecular weight excluding hydrogens is 326 g/mol. The third kappa shape index (κ3) is 4.30. The summed E-state index contributed by atoms with van der Waals surface area (Å²) in [6.07, 6.45) is 0.518. The van der Waals surface area contributed by atoms with Crippen molar-refractivity contribution in [1.82, 2.24) is 15.5 Å². The van der Waals surface area contributed by atoms with Crippen LogP contribution < -0.4 is 14.9 Å². The fourth-order valence-corrected chi connectivity index (χ4v) is 2.65. The van der Waals surface area contributed by atoms with Gasteiger partial charge >= 0.3 is 4.87 Å². The molecule has 0 saturated heterocycles. The summed E-state index contributed by atoms with van der Waals surface area (Å²) in [5.74, 6) is 1.23. The molecule has 0 spiro atoms. The molecule has 0 bridgehead atoms. The maximum Gasteiger partial charge on any atom is 0.322 e. The Morgan fingerprint density at radius 2 is 1.79 bits per heavy atom. The van der Waals surface area contributed by atoms with Gasteiger partial charge in [0.2, 0.25) is 0 Å². The van der Waals surface area contributed by atoms with E-state index in [0.717, 1.165) is 17.1 Å². The first-order valence-electron chi connectivity index (χ1n) is 7.36. The van der Waals surface area contributed by atoms with Gasteiger partial charge in [-0.2, -0.15) is 5.10 Å². The van der Waals surface area contributed by atoms with E-state index >= 15 is 0 Å². The van der Waals surface area contributed by atoms with E-state index in [1.807, 2.05) is 30.3 Å². The SMILES string of the molecule is O=C(NCCc1n[nH]c(=O)s1)c1ccc(Oc2ccccc2)cc1. The van der Waals surface area contributed by atoms with Crippen molar-refractivity contribution in [3.05, 3.63) is 74.8 Å². The predicted octanol–water partition coefficient (Wildman–Crippen LogP) is 2.60. The fourth-order valence-electron chi connectivity index (χ4n) is 2.05. The number of nitrogens with zero attached hydrogens (tertiary/aromatic N) is 1. The van der Waals surface area contributed by atoms with Gasteiger partial charge in [0, 0.05) is 18.5 Å². The van der Waals surface area contributed by atoms with Crippen molar-refractivity contribution in [3.63, 3.8) is 0 Å². The van der Waals surface area contributed by atoms with Crippen LogP contribution in [-0.4, -0.2) is 22.6 Å². The zero-order valence-electron chi connectivity index (χ0n) is 12.7. The fraction of sp³-hybridized carbons (Fsp3) is 0.118. The Balaban J connectivity index is 1.52. The Labute approximate surface area is 142 Å². The lowest BCUT2D eigenvalue weighted by molar-refractivity contribution is 0.0954. The molecule has 2 N–H and O–H groups in total. The molecule has 0 aliphatic carbocycles. The van der Waals surface area contributed by atoms with Gasteiger partial charge in [-0.05, 0) is 36.4 Å². The minimum Gasteiger partial charge on any atom is -0.457 e. The topological polar surface area (TPSA) is 84.1 Å². The van der Waals surface area contributed by atoms with E-state index < -0.39 is 0 Å². The van der Waals surface area contributed by atoms with Crippen LogP contribution in [0.1, 0.15) is 15.4 Å². The predicted molar refractivity (Wildman–Crippen MR) is 91.7 cm³/mol. The molecule has 3 aromatic rings. The summed E-state index contributed by atoms with van der Waals surface area (Å²) in [7, 11) is 0. The number of amides is 1. The quantitative estimate of drug-likeness (QED) is 0.722. The number of aromatic amines is 1. The number of rotatable bonds is 6. The lowest BCUT2D eigenvalue weighted by Crippen LogP contribution is -2.25. The minimum atomic E-state index is -0.190. The van der Waals surface area contributed by atoms with Crippen molar-refractivity contribution in [2.24, 2.45) is 0 Å². The summed E-state index contributed by atoms with van der Waals surface area (Å²) in [6, 6.07) is 16.4. The molecule has 3 rings (SSSR count). The number of carbonyl (C=O) groups excluding carboxylic acids is 1. The number of hydrogen-bond acceptors (Lipinski definition) is 5. The number of hydrogen-bond donors (Lipinski definition) is 2. The van der Waals surface area contributed by atoms with Crippen LogP contribution in [0, 0.1) is 0 Å².